The summed E-state index contributed by atoms with van der Waals surface area (Å²) in [6.45, 7) is 2.79. The van der Waals surface area contributed by atoms with Crippen LogP contribution in [0.4, 0.5) is 0 Å². The molecule has 0 bridgehead atoms. The second kappa shape index (κ2) is 6.22. The fraction of sp³-hybridized carbons (Fsp3) is 0.250. The molecule has 0 fully saturated rings. The first-order valence-electron chi connectivity index (χ1n) is 6.19. The van der Waals surface area contributed by atoms with Crippen LogP contribution in [0.15, 0.2) is 48.7 Å². The number of aryl methyl sites for hydroxylation is 1. The van der Waals surface area contributed by atoms with Crippen molar-refractivity contribution in [3.63, 3.8) is 0 Å². The maximum absolute atomic E-state index is 5.01. The molecule has 0 radical (unpaired) electrons. The van der Waals surface area contributed by atoms with Crippen LogP contribution in [-0.2, 0) is 11.2 Å². The van der Waals surface area contributed by atoms with Gasteiger partial charge in [-0.2, -0.15) is 0 Å². The first-order chi connectivity index (χ1) is 8.83. The summed E-state index contributed by atoms with van der Waals surface area (Å²) in [5.74, 6) is 0. The Morgan fingerprint density at radius 2 is 1.94 bits per heavy atom. The summed E-state index contributed by atoms with van der Waals surface area (Å²) in [7, 11) is 1.71. The highest BCUT2D eigenvalue weighted by Gasteiger charge is 2.08. The summed E-state index contributed by atoms with van der Waals surface area (Å²) in [5, 5.41) is 0. The summed E-state index contributed by atoms with van der Waals surface area (Å²) in [6.07, 6.45) is 7.24. The minimum Gasteiger partial charge on any atom is -0.381 e. The number of ether oxygens (including phenoxy) is 1. The molecule has 0 aliphatic heterocycles. The Hall–Kier alpha value is -1.80. The van der Waals surface area contributed by atoms with Crippen molar-refractivity contribution in [2.75, 3.05) is 13.7 Å². The third-order valence-electron chi connectivity index (χ3n) is 3.05. The second-order valence-corrected chi connectivity index (χ2v) is 4.30. The van der Waals surface area contributed by atoms with Crippen molar-refractivity contribution in [2.24, 2.45) is 0 Å². The van der Waals surface area contributed by atoms with Crippen molar-refractivity contribution in [2.45, 2.75) is 13.3 Å². The van der Waals surface area contributed by atoms with Gasteiger partial charge in [-0.25, -0.2) is 0 Å². The van der Waals surface area contributed by atoms with E-state index >= 15 is 0 Å². The summed E-state index contributed by atoms with van der Waals surface area (Å²) in [5.41, 5.74) is 5.14. The van der Waals surface area contributed by atoms with Crippen molar-refractivity contribution in [3.05, 3.63) is 59.9 Å². The molecule has 18 heavy (non-hydrogen) atoms. The van der Waals surface area contributed by atoms with Crippen LogP contribution in [0.2, 0.25) is 0 Å². The van der Waals surface area contributed by atoms with Gasteiger partial charge in [0, 0.05) is 24.6 Å². The Bertz CT molecular complexity index is 511. The third-order valence-corrected chi connectivity index (χ3v) is 3.05. The molecule has 0 aliphatic rings. The van der Waals surface area contributed by atoms with E-state index < -0.39 is 0 Å². The minimum atomic E-state index is 0.671. The molecule has 0 amide bonds. The van der Waals surface area contributed by atoms with E-state index in [1.807, 2.05) is 6.07 Å². The number of aromatic amines is 1. The van der Waals surface area contributed by atoms with Gasteiger partial charge in [-0.15, -0.1) is 0 Å². The highest BCUT2D eigenvalue weighted by atomic mass is 16.5. The molecule has 0 spiro atoms. The first-order valence-corrected chi connectivity index (χ1v) is 6.19. The Morgan fingerprint density at radius 3 is 2.67 bits per heavy atom. The molecule has 0 saturated carbocycles. The molecule has 0 atom stereocenters. The van der Waals surface area contributed by atoms with Crippen molar-refractivity contribution >= 4 is 0 Å². The largest absolute Gasteiger partial charge is 0.381 e. The maximum Gasteiger partial charge on any atom is 0.0643 e. The number of methoxy groups -OCH3 is 1. The van der Waals surface area contributed by atoms with Gasteiger partial charge in [0.2, 0.25) is 0 Å². The monoisotopic (exact) mass is 241 g/mol. The fourth-order valence-corrected chi connectivity index (χ4v) is 2.06. The topological polar surface area (TPSA) is 25.0 Å². The van der Waals surface area contributed by atoms with Gasteiger partial charge in [-0.3, -0.25) is 0 Å². The van der Waals surface area contributed by atoms with Crippen molar-refractivity contribution in [3.8, 4) is 11.1 Å². The number of hydrogen-bond acceptors (Lipinski definition) is 1. The fourth-order valence-electron chi connectivity index (χ4n) is 2.06. The molecule has 0 unspecified atom stereocenters. The van der Waals surface area contributed by atoms with E-state index in [0.29, 0.717) is 6.61 Å². The number of allylic oxidation sites excluding steroid dienone is 1. The van der Waals surface area contributed by atoms with Crippen LogP contribution in [0.25, 0.3) is 11.1 Å². The third kappa shape index (κ3) is 2.90. The molecule has 1 aromatic carbocycles. The zero-order valence-corrected chi connectivity index (χ0v) is 10.9. The molecule has 1 N–H and O–H groups in total. The van der Waals surface area contributed by atoms with Crippen LogP contribution in [0.1, 0.15) is 11.3 Å². The van der Waals surface area contributed by atoms with E-state index in [1.54, 1.807) is 7.11 Å². The standard InChI is InChI=1S/C16H19NO/c1-13-15(10-6-7-11-18-2)16(12-17-13)14-8-4-3-5-9-14/h3-9,12,17H,10-11H2,1-2H3. The summed E-state index contributed by atoms with van der Waals surface area (Å²) in [6, 6.07) is 10.5. The maximum atomic E-state index is 5.01. The highest BCUT2D eigenvalue weighted by molar-refractivity contribution is 5.68. The van der Waals surface area contributed by atoms with E-state index in [9.17, 15) is 0 Å². The Labute approximate surface area is 108 Å². The van der Waals surface area contributed by atoms with E-state index in [-0.39, 0.29) is 0 Å². The smallest absolute Gasteiger partial charge is 0.0643 e. The summed E-state index contributed by atoms with van der Waals surface area (Å²) >= 11 is 0. The van der Waals surface area contributed by atoms with Crippen molar-refractivity contribution in [1.29, 1.82) is 0 Å². The zero-order valence-electron chi connectivity index (χ0n) is 10.9. The second-order valence-electron chi connectivity index (χ2n) is 4.30. The van der Waals surface area contributed by atoms with Gasteiger partial charge in [-0.05, 0) is 24.5 Å². The average Bonchev–Trinajstić information content (AvgIpc) is 2.77. The molecule has 2 heteroatoms. The predicted molar refractivity (Wildman–Crippen MR) is 75.7 cm³/mol. The van der Waals surface area contributed by atoms with Gasteiger partial charge in [0.15, 0.2) is 0 Å². The van der Waals surface area contributed by atoms with Gasteiger partial charge in [0.05, 0.1) is 6.61 Å². The number of H-pyrrole nitrogens is 1. The van der Waals surface area contributed by atoms with Gasteiger partial charge >= 0.3 is 0 Å². The molecule has 2 rings (SSSR count). The normalized spacial score (nSPS) is 11.2. The first kappa shape index (κ1) is 12.7. The number of aromatic nitrogens is 1. The van der Waals surface area contributed by atoms with Crippen LogP contribution in [0.3, 0.4) is 0 Å². The summed E-state index contributed by atoms with van der Waals surface area (Å²) in [4.78, 5) is 3.31. The molecular weight excluding hydrogens is 222 g/mol. The Balaban J connectivity index is 2.22. The molecular formula is C16H19NO. The highest BCUT2D eigenvalue weighted by Crippen LogP contribution is 2.26. The molecule has 1 heterocycles. The van der Waals surface area contributed by atoms with Crippen molar-refractivity contribution < 1.29 is 4.74 Å². The predicted octanol–water partition coefficient (Wildman–Crippen LogP) is 3.74. The Morgan fingerprint density at radius 1 is 1.17 bits per heavy atom. The van der Waals surface area contributed by atoms with Crippen LogP contribution < -0.4 is 0 Å². The van der Waals surface area contributed by atoms with Crippen LogP contribution in [0, 0.1) is 6.92 Å². The number of hydrogen-bond donors (Lipinski definition) is 1. The van der Waals surface area contributed by atoms with Gasteiger partial charge < -0.3 is 9.72 Å². The van der Waals surface area contributed by atoms with E-state index in [0.717, 1.165) is 6.42 Å². The minimum absolute atomic E-state index is 0.671. The average molecular weight is 241 g/mol. The lowest BCUT2D eigenvalue weighted by Gasteiger charge is -2.03. The number of rotatable bonds is 5. The van der Waals surface area contributed by atoms with Crippen LogP contribution in [0.5, 0.6) is 0 Å². The quantitative estimate of drug-likeness (QED) is 0.793. The Kier molecular flexibility index (Phi) is 4.37. The van der Waals surface area contributed by atoms with Crippen LogP contribution in [-0.4, -0.2) is 18.7 Å². The van der Waals surface area contributed by atoms with E-state index in [2.05, 4.69) is 54.5 Å². The number of benzene rings is 1. The van der Waals surface area contributed by atoms with Gasteiger partial charge in [-0.1, -0.05) is 42.5 Å². The van der Waals surface area contributed by atoms with Gasteiger partial charge in [0.25, 0.3) is 0 Å². The van der Waals surface area contributed by atoms with Gasteiger partial charge in [0.1, 0.15) is 0 Å². The molecule has 2 nitrogen and oxygen atoms in total. The van der Waals surface area contributed by atoms with E-state index in [4.69, 9.17) is 4.74 Å². The van der Waals surface area contributed by atoms with E-state index in [1.165, 1.54) is 22.4 Å². The number of nitrogens with one attached hydrogen (secondary N) is 1. The molecule has 0 aliphatic carbocycles. The van der Waals surface area contributed by atoms with Crippen LogP contribution >= 0.6 is 0 Å². The molecule has 1 aromatic heterocycles. The molecule has 94 valence electrons. The lowest BCUT2D eigenvalue weighted by Crippen LogP contribution is -1.88. The summed E-state index contributed by atoms with van der Waals surface area (Å²) < 4.78 is 5.01. The molecule has 0 saturated heterocycles. The zero-order chi connectivity index (χ0) is 12.8. The lowest BCUT2D eigenvalue weighted by molar-refractivity contribution is 0.233. The SMILES string of the molecule is COCC=CCc1c(-c2ccccc2)c[nH]c1C. The van der Waals surface area contributed by atoms with Crippen molar-refractivity contribution in [1.82, 2.24) is 4.98 Å². The lowest BCUT2D eigenvalue weighted by atomic mass is 10.0. The molecule has 2 aromatic rings.